The van der Waals surface area contributed by atoms with Gasteiger partial charge in [-0.15, -0.1) is 0 Å². The summed E-state index contributed by atoms with van der Waals surface area (Å²) in [6.45, 7) is 10.9. The summed E-state index contributed by atoms with van der Waals surface area (Å²) >= 11 is 0. The second kappa shape index (κ2) is 5.38. The molecule has 1 amide bonds. The first-order valence-corrected chi connectivity index (χ1v) is 5.63. The van der Waals surface area contributed by atoms with Crippen LogP contribution in [0.2, 0.25) is 0 Å². The van der Waals surface area contributed by atoms with Crippen molar-refractivity contribution in [1.29, 1.82) is 0 Å². The van der Waals surface area contributed by atoms with Crippen molar-refractivity contribution in [3.63, 3.8) is 0 Å². The lowest BCUT2D eigenvalue weighted by Gasteiger charge is -2.31. The van der Waals surface area contributed by atoms with Crippen LogP contribution in [0.1, 0.15) is 48.0 Å². The summed E-state index contributed by atoms with van der Waals surface area (Å²) in [6.07, 6.45) is -0.707. The molecular weight excluding hydrogens is 222 g/mol. The summed E-state index contributed by atoms with van der Waals surface area (Å²) in [4.78, 5) is 22.3. The number of carboxylic acids is 1. The molecule has 0 spiro atoms. The van der Waals surface area contributed by atoms with Crippen molar-refractivity contribution in [2.75, 3.05) is 0 Å². The highest BCUT2D eigenvalue weighted by Gasteiger charge is 2.30. The van der Waals surface area contributed by atoms with Crippen molar-refractivity contribution in [2.45, 2.75) is 59.6 Å². The zero-order valence-corrected chi connectivity index (χ0v) is 11.5. The quantitative estimate of drug-likeness (QED) is 0.800. The minimum Gasteiger partial charge on any atom is -0.481 e. The third-order valence-corrected chi connectivity index (χ3v) is 2.12. The molecule has 5 nitrogen and oxygen atoms in total. The molecule has 0 aliphatic rings. The largest absolute Gasteiger partial charge is 0.481 e. The fraction of sp³-hybridized carbons (Fsp3) is 0.833. The SMILES string of the molecule is CC(C)(C)OC(=O)N[C@H](CC(=O)O)C(C)(C)C. The van der Waals surface area contributed by atoms with Gasteiger partial charge in [0.05, 0.1) is 6.42 Å². The second-order valence-corrected chi connectivity index (χ2v) is 6.16. The van der Waals surface area contributed by atoms with Crippen molar-refractivity contribution in [3.8, 4) is 0 Å². The molecule has 0 radical (unpaired) electrons. The number of alkyl carbamates (subject to hydrolysis) is 1. The number of amides is 1. The first kappa shape index (κ1) is 15.7. The van der Waals surface area contributed by atoms with E-state index in [0.717, 1.165) is 0 Å². The number of hydrogen-bond donors (Lipinski definition) is 2. The highest BCUT2D eigenvalue weighted by atomic mass is 16.6. The molecule has 0 aromatic carbocycles. The van der Waals surface area contributed by atoms with Crippen LogP contribution in [0.5, 0.6) is 0 Å². The number of carboxylic acid groups (broad SMARTS) is 1. The highest BCUT2D eigenvalue weighted by molar-refractivity contribution is 5.71. The van der Waals surface area contributed by atoms with Crippen LogP contribution in [-0.4, -0.2) is 28.8 Å². The van der Waals surface area contributed by atoms with Crippen LogP contribution in [-0.2, 0) is 9.53 Å². The molecule has 0 rings (SSSR count). The molecule has 17 heavy (non-hydrogen) atoms. The monoisotopic (exact) mass is 245 g/mol. The number of nitrogens with one attached hydrogen (secondary N) is 1. The standard InChI is InChI=1S/C12H23NO4/c1-11(2,3)8(7-9(14)15)13-10(16)17-12(4,5)6/h8H,7H2,1-6H3,(H,13,16)(H,14,15)/t8-/m1/s1. The summed E-state index contributed by atoms with van der Waals surface area (Å²) < 4.78 is 5.10. The molecule has 0 saturated heterocycles. The molecule has 100 valence electrons. The fourth-order valence-corrected chi connectivity index (χ4v) is 1.20. The first-order chi connectivity index (χ1) is 7.42. The smallest absolute Gasteiger partial charge is 0.407 e. The Balaban J connectivity index is 4.55. The average Bonchev–Trinajstić information content (AvgIpc) is 1.95. The number of hydrogen-bond acceptors (Lipinski definition) is 3. The summed E-state index contributed by atoms with van der Waals surface area (Å²) in [5.74, 6) is -0.944. The third-order valence-electron chi connectivity index (χ3n) is 2.12. The van der Waals surface area contributed by atoms with Crippen molar-refractivity contribution >= 4 is 12.1 Å². The Morgan fingerprint density at radius 3 is 1.94 bits per heavy atom. The molecule has 0 aromatic heterocycles. The maximum atomic E-state index is 11.6. The van der Waals surface area contributed by atoms with E-state index >= 15 is 0 Å². The van der Waals surface area contributed by atoms with Crippen molar-refractivity contribution in [1.82, 2.24) is 5.32 Å². The summed E-state index contributed by atoms with van der Waals surface area (Å²) in [7, 11) is 0. The van der Waals surface area contributed by atoms with Crippen molar-refractivity contribution < 1.29 is 19.4 Å². The number of ether oxygens (including phenoxy) is 1. The molecule has 1 atom stereocenters. The van der Waals surface area contributed by atoms with E-state index in [-0.39, 0.29) is 11.8 Å². The van der Waals surface area contributed by atoms with Gasteiger partial charge in [0.1, 0.15) is 5.60 Å². The minimum atomic E-state index is -0.944. The fourth-order valence-electron chi connectivity index (χ4n) is 1.20. The van der Waals surface area contributed by atoms with Gasteiger partial charge in [-0.3, -0.25) is 4.79 Å². The van der Waals surface area contributed by atoms with Crippen LogP contribution in [0.4, 0.5) is 4.79 Å². The maximum absolute atomic E-state index is 11.6. The molecule has 0 bridgehead atoms. The Labute approximate surface area is 103 Å². The van der Waals surface area contributed by atoms with Crippen LogP contribution >= 0.6 is 0 Å². The Morgan fingerprint density at radius 2 is 1.65 bits per heavy atom. The molecule has 0 aromatic rings. The van der Waals surface area contributed by atoms with Crippen LogP contribution in [0.25, 0.3) is 0 Å². The normalized spacial score (nSPS) is 14.0. The number of carbonyl (C=O) groups is 2. The lowest BCUT2D eigenvalue weighted by molar-refractivity contribution is -0.138. The van der Waals surface area contributed by atoms with Gasteiger partial charge in [0, 0.05) is 6.04 Å². The van der Waals surface area contributed by atoms with Gasteiger partial charge < -0.3 is 15.2 Å². The van der Waals surface area contributed by atoms with E-state index in [1.807, 2.05) is 20.8 Å². The summed E-state index contributed by atoms with van der Waals surface area (Å²) in [6, 6.07) is -0.463. The van der Waals surface area contributed by atoms with E-state index in [2.05, 4.69) is 5.32 Å². The lowest BCUT2D eigenvalue weighted by Crippen LogP contribution is -2.46. The minimum absolute atomic E-state index is 0.122. The number of carbonyl (C=O) groups excluding carboxylic acids is 1. The van der Waals surface area contributed by atoms with Gasteiger partial charge in [0.25, 0.3) is 0 Å². The summed E-state index contributed by atoms with van der Waals surface area (Å²) in [5.41, 5.74) is -0.926. The van der Waals surface area contributed by atoms with E-state index in [1.165, 1.54) is 0 Å². The van der Waals surface area contributed by atoms with E-state index in [1.54, 1.807) is 20.8 Å². The molecule has 0 heterocycles. The van der Waals surface area contributed by atoms with Gasteiger partial charge in [0.2, 0.25) is 0 Å². The first-order valence-electron chi connectivity index (χ1n) is 5.63. The predicted octanol–water partition coefficient (Wildman–Crippen LogP) is 2.40. The molecule has 0 unspecified atom stereocenters. The Morgan fingerprint density at radius 1 is 1.18 bits per heavy atom. The third kappa shape index (κ3) is 7.60. The van der Waals surface area contributed by atoms with E-state index in [0.29, 0.717) is 0 Å². The molecule has 0 aliphatic heterocycles. The molecule has 2 N–H and O–H groups in total. The second-order valence-electron chi connectivity index (χ2n) is 6.16. The predicted molar refractivity (Wildman–Crippen MR) is 64.9 cm³/mol. The van der Waals surface area contributed by atoms with Gasteiger partial charge in [-0.2, -0.15) is 0 Å². The van der Waals surface area contributed by atoms with E-state index in [9.17, 15) is 9.59 Å². The Bertz CT molecular complexity index is 286. The molecular formula is C12H23NO4. The number of rotatable bonds is 3. The zero-order valence-electron chi connectivity index (χ0n) is 11.5. The number of aliphatic carboxylic acids is 1. The van der Waals surface area contributed by atoms with E-state index < -0.39 is 23.7 Å². The molecule has 0 saturated carbocycles. The Kier molecular flexibility index (Phi) is 4.98. The molecule has 0 fully saturated rings. The topological polar surface area (TPSA) is 75.6 Å². The lowest BCUT2D eigenvalue weighted by atomic mass is 9.85. The van der Waals surface area contributed by atoms with Gasteiger partial charge >= 0.3 is 12.1 Å². The van der Waals surface area contributed by atoms with Crippen molar-refractivity contribution in [3.05, 3.63) is 0 Å². The maximum Gasteiger partial charge on any atom is 0.407 e. The molecule has 5 heteroatoms. The van der Waals surface area contributed by atoms with Gasteiger partial charge in [-0.25, -0.2) is 4.79 Å². The highest BCUT2D eigenvalue weighted by Crippen LogP contribution is 2.22. The Hall–Kier alpha value is -1.26. The van der Waals surface area contributed by atoms with Crippen LogP contribution in [0.3, 0.4) is 0 Å². The van der Waals surface area contributed by atoms with E-state index in [4.69, 9.17) is 9.84 Å². The van der Waals surface area contributed by atoms with Crippen LogP contribution in [0.15, 0.2) is 0 Å². The van der Waals surface area contributed by atoms with Gasteiger partial charge in [0.15, 0.2) is 0 Å². The van der Waals surface area contributed by atoms with Gasteiger partial charge in [-0.1, -0.05) is 20.8 Å². The van der Waals surface area contributed by atoms with Crippen LogP contribution in [0, 0.1) is 5.41 Å². The zero-order chi connectivity index (χ0) is 13.9. The average molecular weight is 245 g/mol. The van der Waals surface area contributed by atoms with Crippen molar-refractivity contribution in [2.24, 2.45) is 5.41 Å². The summed E-state index contributed by atoms with van der Waals surface area (Å²) in [5, 5.41) is 11.4. The van der Waals surface area contributed by atoms with Crippen LogP contribution < -0.4 is 5.32 Å². The molecule has 0 aliphatic carbocycles. The van der Waals surface area contributed by atoms with Gasteiger partial charge in [-0.05, 0) is 26.2 Å².